The fourth-order valence-corrected chi connectivity index (χ4v) is 6.43. The van der Waals surface area contributed by atoms with E-state index in [1.54, 1.807) is 6.07 Å². The molecule has 0 aliphatic rings. The smallest absolute Gasteiger partial charge is 0.345 e. The first-order chi connectivity index (χ1) is 20.2. The van der Waals surface area contributed by atoms with Gasteiger partial charge in [-0.2, -0.15) is 5.26 Å². The number of nitriles is 1. The molecule has 0 spiro atoms. The number of carbonyl (C=O) groups excluding carboxylic acids is 1. The average Bonchev–Trinajstić information content (AvgIpc) is 3.55. The summed E-state index contributed by atoms with van der Waals surface area (Å²) in [6.07, 6.45) is 0. The van der Waals surface area contributed by atoms with E-state index in [4.69, 9.17) is 10.4 Å². The van der Waals surface area contributed by atoms with Crippen LogP contribution in [0.4, 0.5) is 0 Å². The van der Waals surface area contributed by atoms with Crippen molar-refractivity contribution in [3.63, 3.8) is 0 Å². The van der Waals surface area contributed by atoms with Gasteiger partial charge in [-0.05, 0) is 70.5 Å². The standard InChI is InChI=1S/C18H17N3OS.C16H15NO2S/c1-18(2,3)13-4-5-14-11(9-13)8-12-10-15(23-17(12)21-14)16(22)20-7-6-19;1-16(2,3)11-4-5-12-9(7-11)6-10-8-13(15(18)19)20-14(10)17-12/h4-5,8-10H,7H2,1-3H3,(H,20,22);4-8H,1-3H3,(H,18,19). The number of nitrogens with one attached hydrogen (secondary N) is 1. The van der Waals surface area contributed by atoms with Crippen molar-refractivity contribution in [2.45, 2.75) is 52.4 Å². The monoisotopic (exact) mass is 608 g/mol. The first-order valence-corrected chi connectivity index (χ1v) is 15.4. The molecule has 0 atom stereocenters. The van der Waals surface area contributed by atoms with E-state index in [1.807, 2.05) is 30.3 Å². The van der Waals surface area contributed by atoms with Gasteiger partial charge in [0, 0.05) is 21.5 Å². The third-order valence-corrected chi connectivity index (χ3v) is 9.17. The fourth-order valence-electron chi connectivity index (χ4n) is 4.63. The summed E-state index contributed by atoms with van der Waals surface area (Å²) in [5, 5.41) is 24.1. The molecule has 4 aromatic heterocycles. The second-order valence-corrected chi connectivity index (χ2v) is 14.5. The normalized spacial score (nSPS) is 11.8. The minimum absolute atomic E-state index is 0.0113. The van der Waals surface area contributed by atoms with Crippen LogP contribution in [0, 0.1) is 11.3 Å². The van der Waals surface area contributed by atoms with Crippen molar-refractivity contribution >= 4 is 76.8 Å². The Hall–Kier alpha value is -4.39. The van der Waals surface area contributed by atoms with Gasteiger partial charge in [0.15, 0.2) is 0 Å². The maximum absolute atomic E-state index is 12.0. The fraction of sp³-hybridized carbons (Fsp3) is 0.265. The van der Waals surface area contributed by atoms with Gasteiger partial charge >= 0.3 is 5.97 Å². The number of rotatable bonds is 3. The number of hydrogen-bond acceptors (Lipinski definition) is 7. The van der Waals surface area contributed by atoms with E-state index in [2.05, 4.69) is 87.2 Å². The highest BCUT2D eigenvalue weighted by molar-refractivity contribution is 7.20. The van der Waals surface area contributed by atoms with Gasteiger partial charge in [0.05, 0.1) is 22.0 Å². The molecule has 0 radical (unpaired) electrons. The molecule has 0 aliphatic heterocycles. The number of carboxylic acids is 1. The summed E-state index contributed by atoms with van der Waals surface area (Å²) < 4.78 is 0. The van der Waals surface area contributed by atoms with Gasteiger partial charge in [0.1, 0.15) is 21.1 Å². The maximum atomic E-state index is 12.0. The molecule has 9 heteroatoms. The lowest BCUT2D eigenvalue weighted by Crippen LogP contribution is -2.22. The lowest BCUT2D eigenvalue weighted by atomic mass is 9.86. The van der Waals surface area contributed by atoms with Gasteiger partial charge in [0.2, 0.25) is 0 Å². The predicted molar refractivity (Wildman–Crippen MR) is 177 cm³/mol. The van der Waals surface area contributed by atoms with Crippen LogP contribution in [0.1, 0.15) is 72.0 Å². The van der Waals surface area contributed by atoms with Crippen molar-refractivity contribution in [1.29, 1.82) is 5.26 Å². The van der Waals surface area contributed by atoms with Gasteiger partial charge in [-0.1, -0.05) is 53.7 Å². The number of carbonyl (C=O) groups is 2. The molecule has 0 unspecified atom stereocenters. The molecule has 0 fully saturated rings. The SMILES string of the molecule is CC(C)(C)c1ccc2nc3sc(C(=O)NCC#N)cc3cc2c1.CC(C)(C)c1ccc2nc3sc(C(=O)O)cc3cc2c1. The Balaban J connectivity index is 0.000000173. The molecule has 0 saturated carbocycles. The number of fused-ring (bicyclic) bond motifs is 4. The highest BCUT2D eigenvalue weighted by Crippen LogP contribution is 2.32. The highest BCUT2D eigenvalue weighted by Gasteiger charge is 2.17. The Morgan fingerprint density at radius 2 is 1.21 bits per heavy atom. The zero-order chi connectivity index (χ0) is 31.1. The molecular weight excluding hydrogens is 577 g/mol. The predicted octanol–water partition coefficient (Wildman–Crippen LogP) is 8.45. The van der Waals surface area contributed by atoms with Crippen LogP contribution in [0.25, 0.3) is 42.2 Å². The molecule has 2 N–H and O–H groups in total. The third-order valence-electron chi connectivity index (χ3n) is 7.10. The van der Waals surface area contributed by atoms with Crippen LogP contribution in [-0.2, 0) is 10.8 Å². The molecule has 218 valence electrons. The summed E-state index contributed by atoms with van der Waals surface area (Å²) in [6, 6.07) is 22.1. The maximum Gasteiger partial charge on any atom is 0.345 e. The molecule has 0 aliphatic carbocycles. The lowest BCUT2D eigenvalue weighted by molar-refractivity contribution is 0.0702. The Labute approximate surface area is 257 Å². The second-order valence-electron chi connectivity index (χ2n) is 12.4. The molecule has 4 heterocycles. The Kier molecular flexibility index (Phi) is 7.95. The molecule has 1 amide bonds. The average molecular weight is 609 g/mol. The van der Waals surface area contributed by atoms with Crippen LogP contribution in [0.3, 0.4) is 0 Å². The van der Waals surface area contributed by atoms with Crippen LogP contribution in [0.2, 0.25) is 0 Å². The number of thiophene rings is 2. The number of nitrogens with zero attached hydrogens (tertiary/aromatic N) is 3. The summed E-state index contributed by atoms with van der Waals surface area (Å²) in [6.45, 7) is 13.1. The summed E-state index contributed by atoms with van der Waals surface area (Å²) in [5.74, 6) is -1.12. The number of carboxylic acid groups (broad SMARTS) is 1. The first-order valence-electron chi connectivity index (χ1n) is 13.8. The Morgan fingerprint density at radius 1 is 0.744 bits per heavy atom. The summed E-state index contributed by atoms with van der Waals surface area (Å²) >= 11 is 2.57. The largest absolute Gasteiger partial charge is 0.477 e. The van der Waals surface area contributed by atoms with E-state index in [9.17, 15) is 9.59 Å². The molecule has 0 saturated heterocycles. The minimum Gasteiger partial charge on any atom is -0.477 e. The van der Waals surface area contributed by atoms with E-state index < -0.39 is 5.97 Å². The number of benzene rings is 2. The van der Waals surface area contributed by atoms with Crippen LogP contribution in [0.15, 0.2) is 60.7 Å². The quantitative estimate of drug-likeness (QED) is 0.195. The van der Waals surface area contributed by atoms with Gasteiger partial charge in [0.25, 0.3) is 5.91 Å². The zero-order valence-electron chi connectivity index (χ0n) is 24.9. The zero-order valence-corrected chi connectivity index (χ0v) is 26.5. The Bertz CT molecular complexity index is 2070. The molecule has 43 heavy (non-hydrogen) atoms. The first kappa shape index (κ1) is 30.1. The topological polar surface area (TPSA) is 116 Å². The highest BCUT2D eigenvalue weighted by atomic mass is 32.1. The Morgan fingerprint density at radius 3 is 1.65 bits per heavy atom. The summed E-state index contributed by atoms with van der Waals surface area (Å²) in [7, 11) is 0. The number of hydrogen-bond donors (Lipinski definition) is 2. The minimum atomic E-state index is -0.896. The lowest BCUT2D eigenvalue weighted by Gasteiger charge is -2.19. The van der Waals surface area contributed by atoms with Crippen LogP contribution < -0.4 is 5.32 Å². The number of aromatic carboxylic acids is 1. The summed E-state index contributed by atoms with van der Waals surface area (Å²) in [4.78, 5) is 34.7. The van der Waals surface area contributed by atoms with Crippen molar-refractivity contribution in [3.05, 3.63) is 81.5 Å². The van der Waals surface area contributed by atoms with E-state index >= 15 is 0 Å². The van der Waals surface area contributed by atoms with Crippen LogP contribution >= 0.6 is 22.7 Å². The molecular formula is C34H32N4O3S2. The van der Waals surface area contributed by atoms with Gasteiger partial charge < -0.3 is 10.4 Å². The van der Waals surface area contributed by atoms with Crippen molar-refractivity contribution in [1.82, 2.24) is 15.3 Å². The molecule has 6 aromatic rings. The number of amides is 1. The molecule has 0 bridgehead atoms. The van der Waals surface area contributed by atoms with Crippen molar-refractivity contribution < 1.29 is 14.7 Å². The number of aromatic nitrogens is 2. The molecule has 7 nitrogen and oxygen atoms in total. The van der Waals surface area contributed by atoms with E-state index in [0.717, 1.165) is 42.2 Å². The van der Waals surface area contributed by atoms with Crippen molar-refractivity contribution in [3.8, 4) is 6.07 Å². The van der Waals surface area contributed by atoms with Crippen LogP contribution in [0.5, 0.6) is 0 Å². The third kappa shape index (κ3) is 6.51. The van der Waals surface area contributed by atoms with Crippen molar-refractivity contribution in [2.75, 3.05) is 6.54 Å². The summed E-state index contributed by atoms with van der Waals surface area (Å²) in [5.41, 5.74) is 4.51. The van der Waals surface area contributed by atoms with E-state index in [1.165, 1.54) is 33.8 Å². The molecule has 6 rings (SSSR count). The van der Waals surface area contributed by atoms with Crippen LogP contribution in [-0.4, -0.2) is 33.5 Å². The van der Waals surface area contributed by atoms with E-state index in [-0.39, 0.29) is 23.3 Å². The molecule has 2 aromatic carbocycles. The van der Waals surface area contributed by atoms with Crippen molar-refractivity contribution in [2.24, 2.45) is 0 Å². The second kappa shape index (κ2) is 11.4. The van der Waals surface area contributed by atoms with Gasteiger partial charge in [-0.15, -0.1) is 22.7 Å². The number of pyridine rings is 2. The van der Waals surface area contributed by atoms with Gasteiger partial charge in [-0.3, -0.25) is 4.79 Å². The van der Waals surface area contributed by atoms with E-state index in [0.29, 0.717) is 9.75 Å². The van der Waals surface area contributed by atoms with Gasteiger partial charge in [-0.25, -0.2) is 14.8 Å².